The second-order valence-corrected chi connectivity index (χ2v) is 2.72. The molecule has 0 spiro atoms. The summed E-state index contributed by atoms with van der Waals surface area (Å²) in [5.41, 5.74) is 0. The van der Waals surface area contributed by atoms with Crippen LogP contribution in [0.25, 0.3) is 10.8 Å². The van der Waals surface area contributed by atoms with Crippen molar-refractivity contribution in [1.29, 1.82) is 0 Å². The van der Waals surface area contributed by atoms with Crippen molar-refractivity contribution in [2.24, 2.45) is 0 Å². The highest BCUT2D eigenvalue weighted by Crippen LogP contribution is 2.23. The smallest absolute Gasteiger partial charge is 0.116 e. The number of phenols is 2. The highest BCUT2D eigenvalue weighted by atomic mass is 16.3. The summed E-state index contributed by atoms with van der Waals surface area (Å²) in [6.07, 6.45) is 0. The molecule has 3 heteroatoms. The van der Waals surface area contributed by atoms with Crippen LogP contribution in [0.3, 0.4) is 0 Å². The van der Waals surface area contributed by atoms with E-state index >= 15 is 0 Å². The van der Waals surface area contributed by atoms with Crippen molar-refractivity contribution in [2.75, 3.05) is 0 Å². The van der Waals surface area contributed by atoms with E-state index < -0.39 is 0 Å². The molecule has 0 aliphatic heterocycles. The highest BCUT2D eigenvalue weighted by Gasteiger charge is 1.95. The maximum Gasteiger partial charge on any atom is 0.116 e. The molecule has 0 saturated heterocycles. The lowest BCUT2D eigenvalue weighted by atomic mass is 10.1. The molecule has 2 aromatic carbocycles. The molecule has 0 saturated carbocycles. The summed E-state index contributed by atoms with van der Waals surface area (Å²) in [4.78, 5) is 8.00. The zero-order valence-electron chi connectivity index (χ0n) is 7.47. The molecule has 0 aromatic heterocycles. The van der Waals surface area contributed by atoms with Crippen LogP contribution in [0.4, 0.5) is 0 Å². The summed E-state index contributed by atoms with van der Waals surface area (Å²) >= 11 is 0. The maximum absolute atomic E-state index is 9.14. The van der Waals surface area contributed by atoms with Gasteiger partial charge >= 0.3 is 0 Å². The number of hydrogen-bond acceptors (Lipinski definition) is 3. The molecule has 3 nitrogen and oxygen atoms in total. The standard InChI is InChI=1S/C10H8O2.CH2O/c11-9-3-1-7-2-4-10(12)6-8(7)5-9;1-2/h1-6,11-12H;1H2. The van der Waals surface area contributed by atoms with Crippen molar-refractivity contribution in [1.82, 2.24) is 0 Å². The summed E-state index contributed by atoms with van der Waals surface area (Å²) in [6.45, 7) is 2.00. The van der Waals surface area contributed by atoms with Crippen LogP contribution in [0.5, 0.6) is 11.5 Å². The van der Waals surface area contributed by atoms with Crippen molar-refractivity contribution in [3.63, 3.8) is 0 Å². The number of carbonyl (C=O) groups is 1. The summed E-state index contributed by atoms with van der Waals surface area (Å²) in [7, 11) is 0. The van der Waals surface area contributed by atoms with E-state index in [0.29, 0.717) is 0 Å². The molecule has 2 N–H and O–H groups in total. The van der Waals surface area contributed by atoms with E-state index in [2.05, 4.69) is 0 Å². The Labute approximate surface area is 81.2 Å². The van der Waals surface area contributed by atoms with Crippen LogP contribution in [0.15, 0.2) is 36.4 Å². The van der Waals surface area contributed by atoms with Crippen molar-refractivity contribution in [3.05, 3.63) is 36.4 Å². The number of benzene rings is 2. The van der Waals surface area contributed by atoms with Crippen molar-refractivity contribution >= 4 is 17.6 Å². The second-order valence-electron chi connectivity index (χ2n) is 2.72. The molecule has 0 fully saturated rings. The maximum atomic E-state index is 9.14. The Bertz CT molecular complexity index is 401. The number of hydrogen-bond donors (Lipinski definition) is 2. The minimum Gasteiger partial charge on any atom is -0.508 e. The Morgan fingerprint density at radius 2 is 1.21 bits per heavy atom. The Morgan fingerprint density at radius 3 is 1.64 bits per heavy atom. The molecular weight excluding hydrogens is 180 g/mol. The van der Waals surface area contributed by atoms with Gasteiger partial charge in [0.2, 0.25) is 0 Å². The fraction of sp³-hybridized carbons (Fsp3) is 0. The van der Waals surface area contributed by atoms with Gasteiger partial charge in [-0.1, -0.05) is 12.1 Å². The lowest BCUT2D eigenvalue weighted by molar-refractivity contribution is -0.0979. The van der Waals surface area contributed by atoms with E-state index in [4.69, 9.17) is 15.0 Å². The molecule has 0 atom stereocenters. The molecule has 14 heavy (non-hydrogen) atoms. The summed E-state index contributed by atoms with van der Waals surface area (Å²) < 4.78 is 0. The Morgan fingerprint density at radius 1 is 0.786 bits per heavy atom. The third kappa shape index (κ3) is 2.01. The zero-order valence-corrected chi connectivity index (χ0v) is 7.47. The minimum absolute atomic E-state index is 0.216. The van der Waals surface area contributed by atoms with Gasteiger partial charge in [-0.25, -0.2) is 0 Å². The van der Waals surface area contributed by atoms with Crippen LogP contribution in [-0.2, 0) is 4.79 Å². The quantitative estimate of drug-likeness (QED) is 0.668. The summed E-state index contributed by atoms with van der Waals surface area (Å²) in [5, 5.41) is 20.1. The Balaban J connectivity index is 0.000000461. The largest absolute Gasteiger partial charge is 0.508 e. The Hall–Kier alpha value is -2.03. The van der Waals surface area contributed by atoms with Gasteiger partial charge in [-0.2, -0.15) is 0 Å². The van der Waals surface area contributed by atoms with Gasteiger partial charge in [-0.05, 0) is 35.0 Å². The molecule has 0 radical (unpaired) electrons. The van der Waals surface area contributed by atoms with E-state index in [9.17, 15) is 0 Å². The molecular formula is C11H10O3. The van der Waals surface area contributed by atoms with Gasteiger partial charge in [-0.3, -0.25) is 0 Å². The van der Waals surface area contributed by atoms with E-state index in [0.717, 1.165) is 10.8 Å². The first-order chi connectivity index (χ1) is 6.75. The summed E-state index contributed by atoms with van der Waals surface area (Å²) in [6, 6.07) is 10.1. The van der Waals surface area contributed by atoms with Crippen LogP contribution >= 0.6 is 0 Å². The molecule has 0 unspecified atom stereocenters. The van der Waals surface area contributed by atoms with Gasteiger partial charge in [0.1, 0.15) is 18.3 Å². The predicted octanol–water partition coefficient (Wildman–Crippen LogP) is 2.07. The van der Waals surface area contributed by atoms with E-state index in [1.807, 2.05) is 18.9 Å². The topological polar surface area (TPSA) is 57.5 Å². The lowest BCUT2D eigenvalue weighted by Crippen LogP contribution is -1.71. The number of rotatable bonds is 0. The number of carbonyl (C=O) groups excluding carboxylic acids is 1. The van der Waals surface area contributed by atoms with Gasteiger partial charge in [0.05, 0.1) is 0 Å². The third-order valence-corrected chi connectivity index (χ3v) is 1.81. The number of fused-ring (bicyclic) bond motifs is 1. The van der Waals surface area contributed by atoms with Gasteiger partial charge in [-0.15, -0.1) is 0 Å². The second kappa shape index (κ2) is 4.28. The predicted molar refractivity (Wildman–Crippen MR) is 54.4 cm³/mol. The van der Waals surface area contributed by atoms with Gasteiger partial charge in [0.25, 0.3) is 0 Å². The van der Waals surface area contributed by atoms with Gasteiger partial charge in [0, 0.05) is 0 Å². The molecule has 0 aliphatic carbocycles. The number of aromatic hydroxyl groups is 2. The average molecular weight is 190 g/mol. The van der Waals surface area contributed by atoms with E-state index in [1.54, 1.807) is 24.3 Å². The van der Waals surface area contributed by atoms with Crippen LogP contribution in [0.2, 0.25) is 0 Å². The molecule has 0 aliphatic rings. The highest BCUT2D eigenvalue weighted by molar-refractivity contribution is 5.84. The lowest BCUT2D eigenvalue weighted by Gasteiger charge is -1.98. The van der Waals surface area contributed by atoms with Crippen LogP contribution in [-0.4, -0.2) is 17.0 Å². The van der Waals surface area contributed by atoms with E-state index in [1.165, 1.54) is 0 Å². The first-order valence-corrected chi connectivity index (χ1v) is 3.96. The fourth-order valence-corrected chi connectivity index (χ4v) is 1.22. The first kappa shape index (κ1) is 10.1. The SMILES string of the molecule is C=O.Oc1ccc2ccc(O)cc2c1. The molecule has 0 bridgehead atoms. The van der Waals surface area contributed by atoms with Crippen molar-refractivity contribution in [3.8, 4) is 11.5 Å². The van der Waals surface area contributed by atoms with Crippen LogP contribution < -0.4 is 0 Å². The van der Waals surface area contributed by atoms with E-state index in [-0.39, 0.29) is 11.5 Å². The third-order valence-electron chi connectivity index (χ3n) is 1.81. The average Bonchev–Trinajstić information content (AvgIpc) is 2.20. The monoisotopic (exact) mass is 190 g/mol. The molecule has 0 amide bonds. The molecule has 0 heterocycles. The molecule has 2 rings (SSSR count). The van der Waals surface area contributed by atoms with Gasteiger partial charge < -0.3 is 15.0 Å². The molecule has 72 valence electrons. The van der Waals surface area contributed by atoms with Crippen LogP contribution in [0, 0.1) is 0 Å². The van der Waals surface area contributed by atoms with Crippen molar-refractivity contribution in [2.45, 2.75) is 0 Å². The summed E-state index contributed by atoms with van der Waals surface area (Å²) in [5.74, 6) is 0.432. The van der Waals surface area contributed by atoms with Crippen LogP contribution in [0.1, 0.15) is 0 Å². The Kier molecular flexibility index (Phi) is 3.07. The van der Waals surface area contributed by atoms with Crippen molar-refractivity contribution < 1.29 is 15.0 Å². The van der Waals surface area contributed by atoms with Gasteiger partial charge in [0.15, 0.2) is 0 Å². The zero-order chi connectivity index (χ0) is 10.6. The number of phenolic OH excluding ortho intramolecular Hbond substituents is 2. The normalized spacial score (nSPS) is 9.14. The minimum atomic E-state index is 0.216. The molecule has 2 aromatic rings. The first-order valence-electron chi connectivity index (χ1n) is 3.96. The fourth-order valence-electron chi connectivity index (χ4n) is 1.22.